The molecule has 0 fully saturated rings. The van der Waals surface area contributed by atoms with Crippen LogP contribution in [0.4, 0.5) is 0 Å². The summed E-state index contributed by atoms with van der Waals surface area (Å²) in [5.74, 6) is 2.51. The lowest BCUT2D eigenvalue weighted by Crippen LogP contribution is -1.98. The number of methoxy groups -OCH3 is 2. The summed E-state index contributed by atoms with van der Waals surface area (Å²) in [6, 6.07) is 4.03. The standard InChI is InChI=1S/C28H27N5O3/c1-15(12-24(35-6)31-19-10-8-7-9-11-19)27-26-20-14-23(34-5)21(25-16(2)33-36-17(25)3)13-22(20)32-28(26)30-18(4)29-27/h7-10,12-14H,1,11H2,2-6H3,(H,29,30,32)/b24-12+,31-19-. The highest BCUT2D eigenvalue weighted by Crippen LogP contribution is 2.40. The number of aliphatic imine (C=N–C) groups is 1. The zero-order valence-electron chi connectivity index (χ0n) is 21.0. The molecule has 1 aliphatic rings. The first-order valence-corrected chi connectivity index (χ1v) is 11.6. The molecule has 0 saturated carbocycles. The first-order valence-electron chi connectivity index (χ1n) is 11.6. The third kappa shape index (κ3) is 4.11. The SMILES string of the molecule is C=C(/C=C(\N=C1\C=CC=CC1)OC)c1nc(C)nc2[nH]c3cc(-c4c(C)noc4C)c(OC)cc3c12. The van der Waals surface area contributed by atoms with Crippen molar-refractivity contribution in [1.82, 2.24) is 20.1 Å². The Morgan fingerprint density at radius 1 is 1.17 bits per heavy atom. The number of ether oxygens (including phenoxy) is 2. The predicted molar refractivity (Wildman–Crippen MR) is 142 cm³/mol. The largest absolute Gasteiger partial charge is 0.496 e. The van der Waals surface area contributed by atoms with Crippen LogP contribution in [-0.4, -0.2) is 40.0 Å². The van der Waals surface area contributed by atoms with Crippen molar-refractivity contribution in [3.05, 3.63) is 77.9 Å². The summed E-state index contributed by atoms with van der Waals surface area (Å²) in [5.41, 5.74) is 6.49. The highest BCUT2D eigenvalue weighted by atomic mass is 16.5. The zero-order valence-corrected chi connectivity index (χ0v) is 21.0. The van der Waals surface area contributed by atoms with Gasteiger partial charge in [-0.1, -0.05) is 30.0 Å². The number of allylic oxidation sites excluding steroid dienone is 6. The molecule has 8 heteroatoms. The number of fused-ring (bicyclic) bond motifs is 3. The third-order valence-electron chi connectivity index (χ3n) is 6.11. The number of nitrogens with zero attached hydrogens (tertiary/aromatic N) is 4. The summed E-state index contributed by atoms with van der Waals surface area (Å²) in [6.45, 7) is 9.96. The fourth-order valence-corrected chi connectivity index (χ4v) is 4.48. The van der Waals surface area contributed by atoms with Gasteiger partial charge in [0.25, 0.3) is 0 Å². The van der Waals surface area contributed by atoms with Crippen molar-refractivity contribution in [3.8, 4) is 16.9 Å². The van der Waals surface area contributed by atoms with Gasteiger partial charge in [-0.05, 0) is 44.6 Å². The van der Waals surface area contributed by atoms with Crippen LogP contribution < -0.4 is 4.74 Å². The minimum absolute atomic E-state index is 0.456. The monoisotopic (exact) mass is 481 g/mol. The number of aromatic amines is 1. The highest BCUT2D eigenvalue weighted by Gasteiger charge is 2.21. The normalized spacial score (nSPS) is 14.8. The lowest BCUT2D eigenvalue weighted by Gasteiger charge is -2.10. The molecule has 1 aliphatic carbocycles. The molecule has 1 aromatic carbocycles. The van der Waals surface area contributed by atoms with Crippen LogP contribution in [0.3, 0.4) is 0 Å². The molecule has 0 atom stereocenters. The van der Waals surface area contributed by atoms with Gasteiger partial charge in [-0.2, -0.15) is 0 Å². The molecule has 0 spiro atoms. The lowest BCUT2D eigenvalue weighted by molar-refractivity contribution is 0.289. The van der Waals surface area contributed by atoms with E-state index in [-0.39, 0.29) is 0 Å². The van der Waals surface area contributed by atoms with E-state index in [9.17, 15) is 0 Å². The summed E-state index contributed by atoms with van der Waals surface area (Å²) in [5, 5.41) is 5.88. The van der Waals surface area contributed by atoms with Gasteiger partial charge in [-0.25, -0.2) is 15.0 Å². The molecule has 0 bridgehead atoms. The van der Waals surface area contributed by atoms with Crippen molar-refractivity contribution < 1.29 is 14.0 Å². The summed E-state index contributed by atoms with van der Waals surface area (Å²) in [7, 11) is 3.25. The molecule has 8 nitrogen and oxygen atoms in total. The minimum atomic E-state index is 0.456. The van der Waals surface area contributed by atoms with Gasteiger partial charge in [0.1, 0.15) is 23.0 Å². The van der Waals surface area contributed by atoms with Crippen molar-refractivity contribution in [1.29, 1.82) is 0 Å². The van der Waals surface area contributed by atoms with E-state index in [1.54, 1.807) is 20.3 Å². The van der Waals surface area contributed by atoms with Gasteiger partial charge >= 0.3 is 0 Å². The van der Waals surface area contributed by atoms with E-state index in [0.717, 1.165) is 51.0 Å². The first-order chi connectivity index (χ1) is 17.4. The molecule has 4 aromatic rings. The van der Waals surface area contributed by atoms with E-state index in [1.807, 2.05) is 51.1 Å². The van der Waals surface area contributed by atoms with E-state index in [1.165, 1.54) is 0 Å². The van der Waals surface area contributed by atoms with Gasteiger partial charge in [0.05, 0.1) is 36.6 Å². The first kappa shape index (κ1) is 23.3. The van der Waals surface area contributed by atoms with Gasteiger partial charge in [-0.3, -0.25) is 0 Å². The number of H-pyrrole nitrogens is 1. The molecule has 3 heterocycles. The third-order valence-corrected chi connectivity index (χ3v) is 6.11. The second-order valence-corrected chi connectivity index (χ2v) is 8.57. The Balaban J connectivity index is 1.68. The Bertz CT molecular complexity index is 1610. The molecular formula is C28H27N5O3. The fourth-order valence-electron chi connectivity index (χ4n) is 4.48. The van der Waals surface area contributed by atoms with Crippen molar-refractivity contribution >= 4 is 33.2 Å². The molecule has 36 heavy (non-hydrogen) atoms. The zero-order chi connectivity index (χ0) is 25.4. The second-order valence-electron chi connectivity index (χ2n) is 8.57. The number of aryl methyl sites for hydroxylation is 3. The van der Waals surface area contributed by atoms with E-state index in [0.29, 0.717) is 34.4 Å². The Labute approximate surface area is 208 Å². The summed E-state index contributed by atoms with van der Waals surface area (Å²) in [6.07, 6.45) is 10.5. The molecule has 0 amide bonds. The van der Waals surface area contributed by atoms with E-state index >= 15 is 0 Å². The molecule has 0 radical (unpaired) electrons. The fraction of sp³-hybridized carbons (Fsp3) is 0.214. The minimum Gasteiger partial charge on any atom is -0.496 e. The van der Waals surface area contributed by atoms with Crippen molar-refractivity contribution in [2.75, 3.05) is 14.2 Å². The number of benzene rings is 1. The number of rotatable bonds is 6. The molecular weight excluding hydrogens is 454 g/mol. The van der Waals surface area contributed by atoms with Gasteiger partial charge in [0.2, 0.25) is 5.88 Å². The van der Waals surface area contributed by atoms with Crippen molar-refractivity contribution in [2.24, 2.45) is 4.99 Å². The topological polar surface area (TPSA) is 98.4 Å². The van der Waals surface area contributed by atoms with Crippen LogP contribution >= 0.6 is 0 Å². The van der Waals surface area contributed by atoms with Crippen LogP contribution in [0, 0.1) is 20.8 Å². The molecule has 182 valence electrons. The highest BCUT2D eigenvalue weighted by molar-refractivity contribution is 6.12. The average molecular weight is 482 g/mol. The maximum atomic E-state index is 5.79. The van der Waals surface area contributed by atoms with Gasteiger partial charge in [-0.15, -0.1) is 0 Å². The van der Waals surface area contributed by atoms with Crippen LogP contribution in [0.2, 0.25) is 0 Å². The molecule has 3 aromatic heterocycles. The molecule has 5 rings (SSSR count). The number of nitrogens with one attached hydrogen (secondary N) is 1. The Morgan fingerprint density at radius 3 is 2.67 bits per heavy atom. The Kier molecular flexibility index (Phi) is 6.01. The van der Waals surface area contributed by atoms with E-state index < -0.39 is 0 Å². The molecule has 0 saturated heterocycles. The van der Waals surface area contributed by atoms with Crippen LogP contribution in [0.1, 0.15) is 29.4 Å². The van der Waals surface area contributed by atoms with Crippen molar-refractivity contribution in [3.63, 3.8) is 0 Å². The van der Waals surface area contributed by atoms with E-state index in [2.05, 4.69) is 32.8 Å². The summed E-state index contributed by atoms with van der Waals surface area (Å²) >= 11 is 0. The number of hydrogen-bond donors (Lipinski definition) is 1. The van der Waals surface area contributed by atoms with Crippen LogP contribution in [0.15, 0.2) is 64.5 Å². The predicted octanol–water partition coefficient (Wildman–Crippen LogP) is 6.16. The molecule has 1 N–H and O–H groups in total. The number of hydrogen-bond acceptors (Lipinski definition) is 7. The van der Waals surface area contributed by atoms with Crippen LogP contribution in [-0.2, 0) is 4.74 Å². The second kappa shape index (κ2) is 9.30. The Morgan fingerprint density at radius 2 is 2.00 bits per heavy atom. The average Bonchev–Trinajstić information content (AvgIpc) is 3.40. The van der Waals surface area contributed by atoms with Gasteiger partial charge in [0, 0.05) is 34.7 Å². The maximum absolute atomic E-state index is 5.79. The summed E-state index contributed by atoms with van der Waals surface area (Å²) in [4.78, 5) is 17.5. The summed E-state index contributed by atoms with van der Waals surface area (Å²) < 4.78 is 16.7. The molecule has 0 unspecified atom stereocenters. The van der Waals surface area contributed by atoms with E-state index in [4.69, 9.17) is 19.0 Å². The Hall–Kier alpha value is -4.46. The lowest BCUT2D eigenvalue weighted by atomic mass is 10.00. The van der Waals surface area contributed by atoms with Crippen molar-refractivity contribution in [2.45, 2.75) is 27.2 Å². The quantitative estimate of drug-likeness (QED) is 0.262. The van der Waals surface area contributed by atoms with Crippen LogP contribution in [0.5, 0.6) is 5.75 Å². The smallest absolute Gasteiger partial charge is 0.213 e. The van der Waals surface area contributed by atoms with Gasteiger partial charge in [0.15, 0.2) is 0 Å². The van der Waals surface area contributed by atoms with Gasteiger partial charge < -0.3 is 19.0 Å². The molecule has 0 aliphatic heterocycles. The maximum Gasteiger partial charge on any atom is 0.213 e. The van der Waals surface area contributed by atoms with Crippen LogP contribution in [0.25, 0.3) is 38.6 Å². The number of aromatic nitrogens is 4.